The van der Waals surface area contributed by atoms with Crippen LogP contribution in [0.1, 0.15) is 29.4 Å². The van der Waals surface area contributed by atoms with E-state index < -0.39 is 0 Å². The second-order valence-corrected chi connectivity index (χ2v) is 6.41. The number of hydrogen-bond donors (Lipinski definition) is 2. The van der Waals surface area contributed by atoms with E-state index in [1.807, 2.05) is 16.8 Å². The highest BCUT2D eigenvalue weighted by Crippen LogP contribution is 2.37. The summed E-state index contributed by atoms with van der Waals surface area (Å²) in [5, 5.41) is 5.94. The van der Waals surface area contributed by atoms with Gasteiger partial charge in [-0.25, -0.2) is 0 Å². The number of amides is 2. The quantitative estimate of drug-likeness (QED) is 0.838. The van der Waals surface area contributed by atoms with Gasteiger partial charge in [0.05, 0.1) is 6.54 Å². The van der Waals surface area contributed by atoms with Gasteiger partial charge in [0.1, 0.15) is 5.69 Å². The molecule has 0 spiro atoms. The summed E-state index contributed by atoms with van der Waals surface area (Å²) in [5.74, 6) is -0.204. The summed E-state index contributed by atoms with van der Waals surface area (Å²) in [6, 6.07) is 2.24. The molecule has 6 nitrogen and oxygen atoms in total. The first-order valence-corrected chi connectivity index (χ1v) is 8.08. The number of halogens is 1. The lowest BCUT2D eigenvalue weighted by Crippen LogP contribution is -2.49. The second-order valence-electron chi connectivity index (χ2n) is 5.50. The number of nitrogens with zero attached hydrogens (tertiary/aromatic N) is 2. The van der Waals surface area contributed by atoms with Gasteiger partial charge < -0.3 is 20.1 Å². The Labute approximate surface area is 132 Å². The largest absolute Gasteiger partial charge is 0.342 e. The second kappa shape index (κ2) is 6.19. The highest BCUT2D eigenvalue weighted by Gasteiger charge is 2.28. The third kappa shape index (κ3) is 3.47. The molecule has 2 aliphatic rings. The lowest BCUT2D eigenvalue weighted by Gasteiger charge is -2.27. The zero-order valence-corrected chi connectivity index (χ0v) is 13.4. The third-order valence-electron chi connectivity index (χ3n) is 3.86. The summed E-state index contributed by atoms with van der Waals surface area (Å²) in [6.45, 7) is 3.11. The van der Waals surface area contributed by atoms with Crippen LogP contribution in [0, 0.1) is 0 Å². The molecule has 0 atom stereocenters. The molecular weight excluding hydrogens is 336 g/mol. The fourth-order valence-corrected chi connectivity index (χ4v) is 2.99. The number of carbonyl (C=O) groups excluding carboxylic acids is 2. The Morgan fingerprint density at radius 3 is 2.71 bits per heavy atom. The molecule has 114 valence electrons. The topological polar surface area (TPSA) is 66.4 Å². The van der Waals surface area contributed by atoms with Crippen LogP contribution in [-0.2, 0) is 4.79 Å². The summed E-state index contributed by atoms with van der Waals surface area (Å²) >= 11 is 3.41. The standard InChI is InChI=1S/C14H19BrN4O2/c15-10-7-12(19(9-10)11-1-2-11)14(21)17-8-13(20)18-5-3-16-4-6-18/h7,9,11,16H,1-6,8H2,(H,17,21). The third-order valence-corrected chi connectivity index (χ3v) is 4.29. The number of rotatable bonds is 4. The lowest BCUT2D eigenvalue weighted by molar-refractivity contribution is -0.130. The average Bonchev–Trinajstić information content (AvgIpc) is 3.27. The molecule has 0 aromatic carbocycles. The van der Waals surface area contributed by atoms with Crippen LogP contribution in [-0.4, -0.2) is 54.0 Å². The van der Waals surface area contributed by atoms with Crippen molar-refractivity contribution in [1.82, 2.24) is 20.1 Å². The van der Waals surface area contributed by atoms with Crippen LogP contribution >= 0.6 is 15.9 Å². The molecular formula is C14H19BrN4O2. The van der Waals surface area contributed by atoms with Gasteiger partial charge in [0, 0.05) is 42.9 Å². The molecule has 0 bridgehead atoms. The van der Waals surface area contributed by atoms with E-state index in [4.69, 9.17) is 0 Å². The van der Waals surface area contributed by atoms with Crippen LogP contribution in [0.2, 0.25) is 0 Å². The number of hydrogen-bond acceptors (Lipinski definition) is 3. The van der Waals surface area contributed by atoms with Crippen LogP contribution in [0.4, 0.5) is 0 Å². The molecule has 2 amide bonds. The van der Waals surface area contributed by atoms with Crippen molar-refractivity contribution >= 4 is 27.7 Å². The van der Waals surface area contributed by atoms with Gasteiger partial charge in [-0.1, -0.05) is 0 Å². The zero-order chi connectivity index (χ0) is 14.8. The molecule has 1 aliphatic heterocycles. The van der Waals surface area contributed by atoms with E-state index in [-0.39, 0.29) is 18.4 Å². The Hall–Kier alpha value is -1.34. The van der Waals surface area contributed by atoms with Gasteiger partial charge in [0.15, 0.2) is 0 Å². The van der Waals surface area contributed by atoms with E-state index in [0.29, 0.717) is 24.8 Å². The van der Waals surface area contributed by atoms with E-state index in [0.717, 1.165) is 30.4 Å². The molecule has 2 heterocycles. The number of piperazine rings is 1. The van der Waals surface area contributed by atoms with E-state index in [1.54, 1.807) is 4.90 Å². The zero-order valence-electron chi connectivity index (χ0n) is 11.8. The van der Waals surface area contributed by atoms with Gasteiger partial charge in [-0.15, -0.1) is 0 Å². The Morgan fingerprint density at radius 1 is 1.33 bits per heavy atom. The van der Waals surface area contributed by atoms with Crippen molar-refractivity contribution in [1.29, 1.82) is 0 Å². The van der Waals surface area contributed by atoms with Gasteiger partial charge >= 0.3 is 0 Å². The SMILES string of the molecule is O=C(NCC(=O)N1CCNCC1)c1cc(Br)cn1C1CC1. The molecule has 2 fully saturated rings. The smallest absolute Gasteiger partial charge is 0.268 e. The van der Waals surface area contributed by atoms with Crippen molar-refractivity contribution in [3.05, 3.63) is 22.4 Å². The molecule has 1 aromatic heterocycles. The fraction of sp³-hybridized carbons (Fsp3) is 0.571. The molecule has 0 unspecified atom stereocenters. The van der Waals surface area contributed by atoms with Crippen molar-refractivity contribution < 1.29 is 9.59 Å². The minimum Gasteiger partial charge on any atom is -0.342 e. The van der Waals surface area contributed by atoms with Gasteiger partial charge in [-0.05, 0) is 34.8 Å². The molecule has 7 heteroatoms. The summed E-state index contributed by atoms with van der Waals surface area (Å²) in [5.41, 5.74) is 0.623. The number of nitrogens with one attached hydrogen (secondary N) is 2. The Morgan fingerprint density at radius 2 is 2.05 bits per heavy atom. The molecule has 0 radical (unpaired) electrons. The summed E-state index contributed by atoms with van der Waals surface area (Å²) in [7, 11) is 0. The number of aromatic nitrogens is 1. The van der Waals surface area contributed by atoms with Crippen LogP contribution in [0.25, 0.3) is 0 Å². The first kappa shape index (κ1) is 14.6. The van der Waals surface area contributed by atoms with E-state index in [1.165, 1.54) is 0 Å². The van der Waals surface area contributed by atoms with Crippen LogP contribution in [0.15, 0.2) is 16.7 Å². The predicted molar refractivity (Wildman–Crippen MR) is 82.2 cm³/mol. The average molecular weight is 355 g/mol. The normalized spacial score (nSPS) is 18.6. The van der Waals surface area contributed by atoms with E-state index in [2.05, 4.69) is 26.6 Å². The van der Waals surface area contributed by atoms with Gasteiger partial charge in [0.25, 0.3) is 5.91 Å². The van der Waals surface area contributed by atoms with Crippen molar-refractivity contribution in [3.63, 3.8) is 0 Å². The molecule has 1 saturated carbocycles. The Bertz CT molecular complexity index is 547. The molecule has 2 N–H and O–H groups in total. The summed E-state index contributed by atoms with van der Waals surface area (Å²) in [4.78, 5) is 26.1. The molecule has 21 heavy (non-hydrogen) atoms. The van der Waals surface area contributed by atoms with Crippen molar-refractivity contribution in [3.8, 4) is 0 Å². The molecule has 1 aliphatic carbocycles. The molecule has 1 aromatic rings. The maximum atomic E-state index is 12.3. The van der Waals surface area contributed by atoms with Crippen LogP contribution in [0.3, 0.4) is 0 Å². The Balaban J connectivity index is 1.57. The first-order chi connectivity index (χ1) is 10.1. The summed E-state index contributed by atoms with van der Waals surface area (Å²) < 4.78 is 2.89. The fourth-order valence-electron chi connectivity index (χ4n) is 2.55. The Kier molecular flexibility index (Phi) is 4.30. The highest BCUT2D eigenvalue weighted by atomic mass is 79.9. The van der Waals surface area contributed by atoms with Crippen molar-refractivity contribution in [2.75, 3.05) is 32.7 Å². The monoisotopic (exact) mass is 354 g/mol. The van der Waals surface area contributed by atoms with E-state index >= 15 is 0 Å². The highest BCUT2D eigenvalue weighted by molar-refractivity contribution is 9.10. The van der Waals surface area contributed by atoms with Gasteiger partial charge in [-0.3, -0.25) is 9.59 Å². The van der Waals surface area contributed by atoms with Crippen LogP contribution < -0.4 is 10.6 Å². The lowest BCUT2D eigenvalue weighted by atomic mass is 10.3. The van der Waals surface area contributed by atoms with Crippen molar-refractivity contribution in [2.45, 2.75) is 18.9 Å². The first-order valence-electron chi connectivity index (χ1n) is 7.29. The minimum absolute atomic E-state index is 0.0200. The summed E-state index contributed by atoms with van der Waals surface area (Å²) in [6.07, 6.45) is 4.16. The van der Waals surface area contributed by atoms with Crippen LogP contribution in [0.5, 0.6) is 0 Å². The minimum atomic E-state index is -0.184. The van der Waals surface area contributed by atoms with Gasteiger partial charge in [0.2, 0.25) is 5.91 Å². The van der Waals surface area contributed by atoms with Crippen molar-refractivity contribution in [2.24, 2.45) is 0 Å². The number of carbonyl (C=O) groups is 2. The molecule has 1 saturated heterocycles. The maximum Gasteiger partial charge on any atom is 0.268 e. The molecule has 3 rings (SSSR count). The predicted octanol–water partition coefficient (Wildman–Crippen LogP) is 0.747. The van der Waals surface area contributed by atoms with E-state index in [9.17, 15) is 9.59 Å². The maximum absolute atomic E-state index is 12.3. The van der Waals surface area contributed by atoms with Gasteiger partial charge in [-0.2, -0.15) is 0 Å².